The SMILES string of the molecule is O=c1sccn1CC1(CBr)CCCCCC1. The van der Waals surface area contributed by atoms with Gasteiger partial charge in [-0.15, -0.1) is 0 Å². The Bertz CT molecular complexity index is 376. The van der Waals surface area contributed by atoms with E-state index in [-0.39, 0.29) is 4.87 Å². The molecule has 1 saturated carbocycles. The van der Waals surface area contributed by atoms with Crippen molar-refractivity contribution in [1.82, 2.24) is 4.57 Å². The van der Waals surface area contributed by atoms with Crippen LogP contribution in [0.4, 0.5) is 0 Å². The Morgan fingerprint density at radius 1 is 1.31 bits per heavy atom. The maximum Gasteiger partial charge on any atom is 0.307 e. The molecule has 90 valence electrons. The Labute approximate surface area is 109 Å². The van der Waals surface area contributed by atoms with Gasteiger partial charge in [-0.2, -0.15) is 0 Å². The number of halogens is 1. The van der Waals surface area contributed by atoms with Crippen LogP contribution in [0.3, 0.4) is 0 Å². The van der Waals surface area contributed by atoms with Gasteiger partial charge in [0.2, 0.25) is 0 Å². The Balaban J connectivity index is 2.14. The Hall–Kier alpha value is -0.0900. The molecule has 1 fully saturated rings. The summed E-state index contributed by atoms with van der Waals surface area (Å²) in [7, 11) is 0. The third-order valence-electron chi connectivity index (χ3n) is 3.60. The van der Waals surface area contributed by atoms with Gasteiger partial charge in [0.1, 0.15) is 0 Å². The average Bonchev–Trinajstić information content (AvgIpc) is 2.56. The molecule has 0 radical (unpaired) electrons. The molecule has 0 aliphatic heterocycles. The third-order valence-corrected chi connectivity index (χ3v) is 5.48. The predicted octanol–water partition coefficient (Wildman–Crippen LogP) is 3.65. The minimum Gasteiger partial charge on any atom is -0.305 e. The van der Waals surface area contributed by atoms with Crippen molar-refractivity contribution in [3.63, 3.8) is 0 Å². The summed E-state index contributed by atoms with van der Waals surface area (Å²) in [5, 5.41) is 2.91. The van der Waals surface area contributed by atoms with Gasteiger partial charge < -0.3 is 4.57 Å². The van der Waals surface area contributed by atoms with Crippen molar-refractivity contribution in [2.24, 2.45) is 5.41 Å². The van der Waals surface area contributed by atoms with Crippen LogP contribution < -0.4 is 4.87 Å². The lowest BCUT2D eigenvalue weighted by Gasteiger charge is -2.30. The summed E-state index contributed by atoms with van der Waals surface area (Å²) in [6.07, 6.45) is 9.76. The molecule has 1 aliphatic carbocycles. The molecule has 2 rings (SSSR count). The molecule has 1 heterocycles. The minimum absolute atomic E-state index is 0.185. The second-order valence-corrected chi connectivity index (χ2v) is 6.26. The van der Waals surface area contributed by atoms with Gasteiger partial charge in [-0.1, -0.05) is 53.0 Å². The molecule has 0 amide bonds. The highest BCUT2D eigenvalue weighted by atomic mass is 79.9. The highest BCUT2D eigenvalue weighted by Crippen LogP contribution is 2.37. The molecule has 0 N–H and O–H groups in total. The lowest BCUT2D eigenvalue weighted by Crippen LogP contribution is -2.31. The first-order valence-electron chi connectivity index (χ1n) is 5.96. The van der Waals surface area contributed by atoms with Crippen molar-refractivity contribution in [3.05, 3.63) is 21.2 Å². The lowest BCUT2D eigenvalue weighted by molar-refractivity contribution is 0.241. The van der Waals surface area contributed by atoms with E-state index < -0.39 is 0 Å². The van der Waals surface area contributed by atoms with Gasteiger partial charge in [0.05, 0.1) is 0 Å². The van der Waals surface area contributed by atoms with Gasteiger partial charge in [-0.25, -0.2) is 0 Å². The Kier molecular flexibility index (Phi) is 4.25. The van der Waals surface area contributed by atoms with E-state index in [1.54, 1.807) is 0 Å². The first kappa shape index (κ1) is 12.4. The van der Waals surface area contributed by atoms with Gasteiger partial charge in [0.15, 0.2) is 0 Å². The van der Waals surface area contributed by atoms with Crippen LogP contribution in [0, 0.1) is 5.41 Å². The molecule has 1 aromatic heterocycles. The molecular formula is C12H18BrNOS. The standard InChI is InChI=1S/C12H18BrNOS/c13-9-12(5-3-1-2-4-6-12)10-14-7-8-16-11(14)15/h7-8H,1-6,9-10H2. The quantitative estimate of drug-likeness (QED) is 0.617. The maximum absolute atomic E-state index is 11.6. The van der Waals surface area contributed by atoms with E-state index in [0.717, 1.165) is 11.9 Å². The van der Waals surface area contributed by atoms with Gasteiger partial charge >= 0.3 is 4.87 Å². The van der Waals surface area contributed by atoms with Crippen molar-refractivity contribution in [2.45, 2.75) is 45.1 Å². The summed E-state index contributed by atoms with van der Waals surface area (Å²) < 4.78 is 1.89. The largest absolute Gasteiger partial charge is 0.307 e. The van der Waals surface area contributed by atoms with Crippen LogP contribution in [0.15, 0.2) is 16.4 Å². The monoisotopic (exact) mass is 303 g/mol. The zero-order chi connectivity index (χ0) is 11.4. The van der Waals surface area contributed by atoms with E-state index in [2.05, 4.69) is 15.9 Å². The molecule has 0 spiro atoms. The summed E-state index contributed by atoms with van der Waals surface area (Å²) in [5.74, 6) is 0. The second kappa shape index (κ2) is 5.50. The first-order chi connectivity index (χ1) is 7.76. The number of nitrogens with zero attached hydrogens (tertiary/aromatic N) is 1. The molecule has 2 nitrogen and oxygen atoms in total. The molecular weight excluding hydrogens is 286 g/mol. The molecule has 0 saturated heterocycles. The van der Waals surface area contributed by atoms with Crippen LogP contribution in [0.2, 0.25) is 0 Å². The zero-order valence-corrected chi connectivity index (χ0v) is 11.9. The van der Waals surface area contributed by atoms with Gasteiger partial charge in [-0.3, -0.25) is 4.79 Å². The van der Waals surface area contributed by atoms with Gasteiger partial charge in [0.25, 0.3) is 0 Å². The van der Waals surface area contributed by atoms with Crippen molar-refractivity contribution in [1.29, 1.82) is 0 Å². The molecule has 0 unspecified atom stereocenters. The maximum atomic E-state index is 11.6. The summed E-state index contributed by atoms with van der Waals surface area (Å²) in [5.41, 5.74) is 0.307. The van der Waals surface area contributed by atoms with Crippen LogP contribution in [0.25, 0.3) is 0 Å². The predicted molar refractivity (Wildman–Crippen MR) is 72.5 cm³/mol. The van der Waals surface area contributed by atoms with Crippen LogP contribution in [-0.4, -0.2) is 9.90 Å². The molecule has 1 aromatic rings. The smallest absolute Gasteiger partial charge is 0.305 e. The fourth-order valence-corrected chi connectivity index (χ4v) is 3.90. The second-order valence-electron chi connectivity index (χ2n) is 4.84. The van der Waals surface area contributed by atoms with Crippen molar-refractivity contribution in [2.75, 3.05) is 5.33 Å². The van der Waals surface area contributed by atoms with Crippen LogP contribution in [0.1, 0.15) is 38.5 Å². The topological polar surface area (TPSA) is 22.0 Å². The van der Waals surface area contributed by atoms with Gasteiger partial charge in [-0.05, 0) is 18.3 Å². The lowest BCUT2D eigenvalue weighted by atomic mass is 9.82. The molecule has 4 heteroatoms. The van der Waals surface area contributed by atoms with E-state index >= 15 is 0 Å². The molecule has 0 atom stereocenters. The summed E-state index contributed by atoms with van der Waals surface area (Å²) >= 11 is 4.96. The van der Waals surface area contributed by atoms with Crippen LogP contribution in [-0.2, 0) is 6.54 Å². The van der Waals surface area contributed by atoms with Crippen molar-refractivity contribution >= 4 is 27.3 Å². The number of thiazole rings is 1. The number of hydrogen-bond acceptors (Lipinski definition) is 2. The van der Waals surface area contributed by atoms with Crippen molar-refractivity contribution in [3.8, 4) is 0 Å². The zero-order valence-electron chi connectivity index (χ0n) is 9.45. The summed E-state index contributed by atoms with van der Waals surface area (Å²) in [4.78, 5) is 11.8. The Morgan fingerprint density at radius 3 is 2.50 bits per heavy atom. The Morgan fingerprint density at radius 2 is 2.00 bits per heavy atom. The van der Waals surface area contributed by atoms with E-state index in [9.17, 15) is 4.79 Å². The highest BCUT2D eigenvalue weighted by molar-refractivity contribution is 9.09. The number of rotatable bonds is 3. The number of alkyl halides is 1. The third kappa shape index (κ3) is 2.77. The summed E-state index contributed by atoms with van der Waals surface area (Å²) in [6.45, 7) is 0.889. The van der Waals surface area contributed by atoms with E-state index in [0.29, 0.717) is 5.41 Å². The van der Waals surface area contributed by atoms with Gasteiger partial charge in [0, 0.05) is 23.5 Å². The number of hydrogen-bond donors (Lipinski definition) is 0. The van der Waals surface area contributed by atoms with E-state index in [4.69, 9.17) is 0 Å². The van der Waals surface area contributed by atoms with Crippen LogP contribution in [0.5, 0.6) is 0 Å². The minimum atomic E-state index is 0.185. The fraction of sp³-hybridized carbons (Fsp3) is 0.750. The highest BCUT2D eigenvalue weighted by Gasteiger charge is 2.30. The molecule has 0 bridgehead atoms. The van der Waals surface area contributed by atoms with Crippen LogP contribution >= 0.6 is 27.3 Å². The van der Waals surface area contributed by atoms with E-state index in [1.165, 1.54) is 49.9 Å². The number of aromatic nitrogens is 1. The fourth-order valence-electron chi connectivity index (χ4n) is 2.58. The molecule has 16 heavy (non-hydrogen) atoms. The first-order valence-corrected chi connectivity index (χ1v) is 7.96. The summed E-state index contributed by atoms with van der Waals surface area (Å²) in [6, 6.07) is 0. The average molecular weight is 304 g/mol. The normalized spacial score (nSPS) is 20.6. The van der Waals surface area contributed by atoms with E-state index in [1.807, 2.05) is 16.1 Å². The van der Waals surface area contributed by atoms with Crippen molar-refractivity contribution < 1.29 is 0 Å². The molecule has 1 aliphatic rings. The molecule has 0 aromatic carbocycles.